The lowest BCUT2D eigenvalue weighted by atomic mass is 9.76. The van der Waals surface area contributed by atoms with Crippen molar-refractivity contribution in [3.8, 4) is 0 Å². The second kappa shape index (κ2) is 4.41. The van der Waals surface area contributed by atoms with Crippen LogP contribution in [0.15, 0.2) is 0 Å². The minimum atomic E-state index is -2.50. The number of hydrogen-bond donors (Lipinski definition) is 1. The van der Waals surface area contributed by atoms with Gasteiger partial charge in [-0.1, -0.05) is 27.7 Å². The Labute approximate surface area is 108 Å². The molecule has 0 aromatic rings. The van der Waals surface area contributed by atoms with Gasteiger partial charge in [-0.2, -0.15) is 0 Å². The molecule has 0 bridgehead atoms. The molecule has 0 aromatic heterocycles. The number of halogens is 2. The van der Waals surface area contributed by atoms with E-state index in [-0.39, 0.29) is 24.4 Å². The Hall–Kier alpha value is -0.220. The molecule has 2 nitrogen and oxygen atoms in total. The molecule has 0 aromatic carbocycles. The van der Waals surface area contributed by atoms with Gasteiger partial charge in [-0.05, 0) is 18.8 Å². The Bertz CT molecular complexity index is 299. The smallest absolute Gasteiger partial charge is 0.248 e. The van der Waals surface area contributed by atoms with E-state index in [4.69, 9.17) is 4.74 Å². The Morgan fingerprint density at radius 3 is 2.17 bits per heavy atom. The Morgan fingerprint density at radius 1 is 1.11 bits per heavy atom. The Morgan fingerprint density at radius 2 is 1.67 bits per heavy atom. The second-order valence-corrected chi connectivity index (χ2v) is 6.97. The molecule has 4 heteroatoms. The molecule has 1 heterocycles. The van der Waals surface area contributed by atoms with Crippen molar-refractivity contribution < 1.29 is 13.5 Å². The molecule has 18 heavy (non-hydrogen) atoms. The van der Waals surface area contributed by atoms with E-state index in [9.17, 15) is 8.78 Å². The van der Waals surface area contributed by atoms with Crippen molar-refractivity contribution in [1.29, 1.82) is 0 Å². The molecule has 0 radical (unpaired) electrons. The lowest BCUT2D eigenvalue weighted by Crippen LogP contribution is -2.64. The molecule has 1 unspecified atom stereocenters. The van der Waals surface area contributed by atoms with Crippen LogP contribution in [0.1, 0.15) is 53.4 Å². The van der Waals surface area contributed by atoms with E-state index in [2.05, 4.69) is 33.0 Å². The molecule has 106 valence electrons. The molecule has 1 aliphatic heterocycles. The summed E-state index contributed by atoms with van der Waals surface area (Å²) in [6.07, 6.45) is 0.834. The lowest BCUT2D eigenvalue weighted by molar-refractivity contribution is -0.233. The molecule has 1 N–H and O–H groups in total. The highest BCUT2D eigenvalue weighted by Crippen LogP contribution is 2.44. The maximum Gasteiger partial charge on any atom is 0.248 e. The molecule has 0 amide bonds. The number of nitrogens with one attached hydrogen (secondary N) is 1. The van der Waals surface area contributed by atoms with E-state index in [0.717, 1.165) is 6.54 Å². The summed E-state index contributed by atoms with van der Waals surface area (Å²) in [4.78, 5) is 0. The van der Waals surface area contributed by atoms with Crippen molar-refractivity contribution in [2.24, 2.45) is 11.3 Å². The molecule has 1 spiro atoms. The average Bonchev–Trinajstić information content (AvgIpc) is 2.26. The Kier molecular flexibility index (Phi) is 3.48. The topological polar surface area (TPSA) is 21.3 Å². The first-order chi connectivity index (χ1) is 8.16. The van der Waals surface area contributed by atoms with Gasteiger partial charge in [-0.25, -0.2) is 8.78 Å². The monoisotopic (exact) mass is 261 g/mol. The fraction of sp³-hybridized carbons (Fsp3) is 1.00. The zero-order chi connectivity index (χ0) is 13.6. The minimum Gasteiger partial charge on any atom is -0.357 e. The first kappa shape index (κ1) is 14.2. The van der Waals surface area contributed by atoms with E-state index in [1.54, 1.807) is 0 Å². The van der Waals surface area contributed by atoms with Crippen molar-refractivity contribution >= 4 is 0 Å². The molecule has 1 atom stereocenters. The van der Waals surface area contributed by atoms with E-state index in [0.29, 0.717) is 18.8 Å². The fourth-order valence-electron chi connectivity index (χ4n) is 3.29. The van der Waals surface area contributed by atoms with Crippen molar-refractivity contribution in [1.82, 2.24) is 5.32 Å². The third-order valence-corrected chi connectivity index (χ3v) is 4.38. The van der Waals surface area contributed by atoms with Crippen LogP contribution in [0, 0.1) is 11.3 Å². The van der Waals surface area contributed by atoms with Crippen LogP contribution in [-0.4, -0.2) is 24.3 Å². The molecule has 2 fully saturated rings. The van der Waals surface area contributed by atoms with Gasteiger partial charge in [-0.15, -0.1) is 0 Å². The zero-order valence-corrected chi connectivity index (χ0v) is 11.9. The van der Waals surface area contributed by atoms with Gasteiger partial charge < -0.3 is 4.74 Å². The molecule has 1 saturated heterocycles. The predicted octanol–water partition coefficient (Wildman–Crippen LogP) is 3.56. The van der Waals surface area contributed by atoms with Crippen LogP contribution in [0.3, 0.4) is 0 Å². The average molecular weight is 261 g/mol. The van der Waals surface area contributed by atoms with Crippen molar-refractivity contribution in [3.05, 3.63) is 0 Å². The van der Waals surface area contributed by atoms with E-state index in [1.807, 2.05) is 0 Å². The first-order valence-electron chi connectivity index (χ1n) is 6.97. The lowest BCUT2D eigenvalue weighted by Gasteiger charge is -2.53. The number of rotatable bonds is 1. The van der Waals surface area contributed by atoms with Gasteiger partial charge in [0.05, 0.1) is 6.10 Å². The van der Waals surface area contributed by atoms with E-state index in [1.165, 1.54) is 0 Å². The SMILES string of the molecule is CC(C)C1OC2(CCC(F)(F)CC2)NCC1(C)C. The van der Waals surface area contributed by atoms with Gasteiger partial charge in [0.2, 0.25) is 5.92 Å². The van der Waals surface area contributed by atoms with Crippen molar-refractivity contribution in [3.63, 3.8) is 0 Å². The van der Waals surface area contributed by atoms with Crippen LogP contribution in [0.5, 0.6) is 0 Å². The number of hydrogen-bond acceptors (Lipinski definition) is 2. The van der Waals surface area contributed by atoms with Crippen LogP contribution in [-0.2, 0) is 4.74 Å². The number of ether oxygens (including phenoxy) is 1. The summed E-state index contributed by atoms with van der Waals surface area (Å²) in [6, 6.07) is 0. The van der Waals surface area contributed by atoms with Crippen LogP contribution in [0.4, 0.5) is 8.78 Å². The largest absolute Gasteiger partial charge is 0.357 e. The second-order valence-electron chi connectivity index (χ2n) is 6.97. The van der Waals surface area contributed by atoms with Gasteiger partial charge >= 0.3 is 0 Å². The predicted molar refractivity (Wildman–Crippen MR) is 67.6 cm³/mol. The fourth-order valence-corrected chi connectivity index (χ4v) is 3.29. The maximum absolute atomic E-state index is 13.3. The highest BCUT2D eigenvalue weighted by atomic mass is 19.3. The molecular weight excluding hydrogens is 236 g/mol. The van der Waals surface area contributed by atoms with Crippen LogP contribution in [0.2, 0.25) is 0 Å². The van der Waals surface area contributed by atoms with Crippen molar-refractivity contribution in [2.75, 3.05) is 6.54 Å². The van der Waals surface area contributed by atoms with Crippen LogP contribution in [0.25, 0.3) is 0 Å². The molecule has 2 rings (SSSR count). The van der Waals surface area contributed by atoms with Gasteiger partial charge in [0.1, 0.15) is 5.72 Å². The molecule has 2 aliphatic rings. The third kappa shape index (κ3) is 2.69. The molecule has 1 aliphatic carbocycles. The quantitative estimate of drug-likeness (QED) is 0.779. The summed E-state index contributed by atoms with van der Waals surface area (Å²) >= 11 is 0. The van der Waals surface area contributed by atoms with E-state index < -0.39 is 11.6 Å². The van der Waals surface area contributed by atoms with Gasteiger partial charge in [-0.3, -0.25) is 5.32 Å². The highest BCUT2D eigenvalue weighted by Gasteiger charge is 2.50. The standard InChI is InChI=1S/C14H25F2NO/c1-10(2)11-12(3,4)9-17-14(18-11)7-5-13(15,16)6-8-14/h10-11,17H,5-9H2,1-4H3. The normalized spacial score (nSPS) is 33.8. The van der Waals surface area contributed by atoms with Gasteiger partial charge in [0.15, 0.2) is 0 Å². The Balaban J connectivity index is 2.09. The minimum absolute atomic E-state index is 0.0549. The summed E-state index contributed by atoms with van der Waals surface area (Å²) in [5.41, 5.74) is -0.453. The van der Waals surface area contributed by atoms with Crippen molar-refractivity contribution in [2.45, 2.75) is 71.1 Å². The summed E-state index contributed by atoms with van der Waals surface area (Å²) in [7, 11) is 0. The summed E-state index contributed by atoms with van der Waals surface area (Å²) in [5.74, 6) is -2.10. The zero-order valence-electron chi connectivity index (χ0n) is 11.9. The van der Waals surface area contributed by atoms with Gasteiger partial charge in [0.25, 0.3) is 0 Å². The summed E-state index contributed by atoms with van der Waals surface area (Å²) < 4.78 is 32.8. The van der Waals surface area contributed by atoms with E-state index >= 15 is 0 Å². The highest BCUT2D eigenvalue weighted by molar-refractivity contribution is 4.97. The molecular formula is C14H25F2NO. The maximum atomic E-state index is 13.3. The number of alkyl halides is 2. The van der Waals surface area contributed by atoms with Crippen LogP contribution >= 0.6 is 0 Å². The third-order valence-electron chi connectivity index (χ3n) is 4.38. The van der Waals surface area contributed by atoms with Gasteiger partial charge in [0, 0.05) is 24.8 Å². The van der Waals surface area contributed by atoms with Crippen LogP contribution < -0.4 is 5.32 Å². The summed E-state index contributed by atoms with van der Waals surface area (Å²) in [6.45, 7) is 9.47. The first-order valence-corrected chi connectivity index (χ1v) is 6.97. The molecule has 1 saturated carbocycles. The summed E-state index contributed by atoms with van der Waals surface area (Å²) in [5, 5.41) is 3.39.